The van der Waals surface area contributed by atoms with E-state index in [1.807, 2.05) is 0 Å². The van der Waals surface area contributed by atoms with Crippen LogP contribution in [0.3, 0.4) is 0 Å². The maximum Gasteiger partial charge on any atom is 0.229 e. The van der Waals surface area contributed by atoms with Crippen LogP contribution in [-0.2, 0) is 4.79 Å². The molecule has 0 unspecified atom stereocenters. The summed E-state index contributed by atoms with van der Waals surface area (Å²) in [5, 5.41) is 10.5. The number of rotatable bonds is 2. The van der Waals surface area contributed by atoms with Crippen molar-refractivity contribution in [2.24, 2.45) is 5.92 Å². The Morgan fingerprint density at radius 2 is 2.47 bits per heavy atom. The molecule has 1 saturated carbocycles. The predicted octanol–water partition coefficient (Wildman–Crippen LogP) is 2.00. The van der Waals surface area contributed by atoms with Crippen molar-refractivity contribution < 1.29 is 9.18 Å². The van der Waals surface area contributed by atoms with Gasteiger partial charge in [0.2, 0.25) is 11.0 Å². The van der Waals surface area contributed by atoms with Gasteiger partial charge in [-0.05, 0) is 25.7 Å². The molecule has 0 aliphatic heterocycles. The van der Waals surface area contributed by atoms with Crippen molar-refractivity contribution in [1.82, 2.24) is 10.2 Å². The molecule has 82 valence electrons. The summed E-state index contributed by atoms with van der Waals surface area (Å²) >= 11 is 1.27. The highest BCUT2D eigenvalue weighted by atomic mass is 32.1. The first-order chi connectivity index (χ1) is 7.25. The first kappa shape index (κ1) is 10.5. The molecule has 1 heterocycles. The molecule has 2 atom stereocenters. The number of nitrogens with one attached hydrogen (secondary N) is 1. The molecule has 1 aromatic rings. The summed E-state index contributed by atoms with van der Waals surface area (Å²) in [6.07, 6.45) is 1.65. The summed E-state index contributed by atoms with van der Waals surface area (Å²) in [7, 11) is 0. The highest BCUT2D eigenvalue weighted by molar-refractivity contribution is 7.13. The number of carbonyl (C=O) groups is 1. The van der Waals surface area contributed by atoms with E-state index in [1.54, 1.807) is 5.51 Å². The minimum Gasteiger partial charge on any atom is -0.300 e. The van der Waals surface area contributed by atoms with Crippen LogP contribution in [0.15, 0.2) is 5.51 Å². The van der Waals surface area contributed by atoms with E-state index >= 15 is 0 Å². The van der Waals surface area contributed by atoms with Gasteiger partial charge in [-0.25, -0.2) is 4.39 Å². The molecular formula is C9H12FN3OS. The number of amides is 1. The molecule has 0 aromatic carbocycles. The Balaban J connectivity index is 1.90. The van der Waals surface area contributed by atoms with Crippen LogP contribution in [0, 0.1) is 5.92 Å². The maximum absolute atomic E-state index is 13.1. The third-order valence-electron chi connectivity index (χ3n) is 2.57. The summed E-state index contributed by atoms with van der Waals surface area (Å²) in [4.78, 5) is 11.7. The van der Waals surface area contributed by atoms with Crippen LogP contribution in [0.2, 0.25) is 0 Å². The largest absolute Gasteiger partial charge is 0.300 e. The van der Waals surface area contributed by atoms with Gasteiger partial charge in [-0.2, -0.15) is 0 Å². The van der Waals surface area contributed by atoms with Crippen LogP contribution in [-0.4, -0.2) is 22.3 Å². The standard InChI is InChI=1S/C9H12FN3OS/c10-7-3-1-2-6(4-7)8(14)12-9-13-11-5-15-9/h5-7H,1-4H2,(H,12,13,14)/t6-,7-/m0/s1. The lowest BCUT2D eigenvalue weighted by atomic mass is 9.87. The molecule has 2 rings (SSSR count). The van der Waals surface area contributed by atoms with E-state index in [4.69, 9.17) is 0 Å². The Bertz CT molecular complexity index is 330. The number of hydrogen-bond acceptors (Lipinski definition) is 4. The van der Waals surface area contributed by atoms with Crippen molar-refractivity contribution in [2.75, 3.05) is 5.32 Å². The quantitative estimate of drug-likeness (QED) is 0.844. The molecule has 1 N–H and O–H groups in total. The van der Waals surface area contributed by atoms with Crippen molar-refractivity contribution in [3.05, 3.63) is 5.51 Å². The smallest absolute Gasteiger partial charge is 0.229 e. The predicted molar refractivity (Wildman–Crippen MR) is 55.4 cm³/mol. The van der Waals surface area contributed by atoms with Gasteiger partial charge in [-0.3, -0.25) is 4.79 Å². The molecule has 4 nitrogen and oxygen atoms in total. The Labute approximate surface area is 90.9 Å². The van der Waals surface area contributed by atoms with E-state index in [9.17, 15) is 9.18 Å². The van der Waals surface area contributed by atoms with Crippen molar-refractivity contribution in [2.45, 2.75) is 31.9 Å². The molecule has 0 radical (unpaired) electrons. The number of aromatic nitrogens is 2. The zero-order chi connectivity index (χ0) is 10.7. The fourth-order valence-corrected chi connectivity index (χ4v) is 2.25. The first-order valence-electron chi connectivity index (χ1n) is 4.97. The van der Waals surface area contributed by atoms with Crippen LogP contribution in [0.25, 0.3) is 0 Å². The maximum atomic E-state index is 13.1. The van der Waals surface area contributed by atoms with Crippen molar-refractivity contribution in [1.29, 1.82) is 0 Å². The topological polar surface area (TPSA) is 54.9 Å². The Kier molecular flexibility index (Phi) is 3.25. The average Bonchev–Trinajstić information content (AvgIpc) is 2.70. The monoisotopic (exact) mass is 229 g/mol. The summed E-state index contributed by atoms with van der Waals surface area (Å²) < 4.78 is 13.1. The molecule has 1 aliphatic carbocycles. The van der Waals surface area contributed by atoms with E-state index < -0.39 is 6.17 Å². The van der Waals surface area contributed by atoms with E-state index in [-0.39, 0.29) is 11.8 Å². The van der Waals surface area contributed by atoms with Gasteiger partial charge in [0.15, 0.2) is 0 Å². The summed E-state index contributed by atoms with van der Waals surface area (Å²) in [6, 6.07) is 0. The van der Waals surface area contributed by atoms with Crippen LogP contribution < -0.4 is 5.32 Å². The molecule has 0 spiro atoms. The van der Waals surface area contributed by atoms with Crippen LogP contribution in [0.5, 0.6) is 0 Å². The summed E-state index contributed by atoms with van der Waals surface area (Å²) in [5.41, 5.74) is 1.55. The second-order valence-electron chi connectivity index (χ2n) is 3.69. The molecule has 1 aromatic heterocycles. The fourth-order valence-electron chi connectivity index (χ4n) is 1.80. The molecule has 6 heteroatoms. The normalized spacial score (nSPS) is 26.2. The summed E-state index contributed by atoms with van der Waals surface area (Å²) in [6.45, 7) is 0. The van der Waals surface area contributed by atoms with E-state index in [2.05, 4.69) is 15.5 Å². The molecule has 1 amide bonds. The van der Waals surface area contributed by atoms with Crippen LogP contribution in [0.1, 0.15) is 25.7 Å². The number of alkyl halides is 1. The van der Waals surface area contributed by atoms with Gasteiger partial charge < -0.3 is 5.32 Å². The van der Waals surface area contributed by atoms with Crippen molar-refractivity contribution in [3.8, 4) is 0 Å². The van der Waals surface area contributed by atoms with Gasteiger partial charge >= 0.3 is 0 Å². The third-order valence-corrected chi connectivity index (χ3v) is 3.18. The lowest BCUT2D eigenvalue weighted by Gasteiger charge is -2.22. The number of anilines is 1. The summed E-state index contributed by atoms with van der Waals surface area (Å²) in [5.74, 6) is -0.341. The third kappa shape index (κ3) is 2.71. The minimum absolute atomic E-state index is 0.130. The van der Waals surface area contributed by atoms with Gasteiger partial charge in [-0.15, -0.1) is 10.2 Å². The minimum atomic E-state index is -0.830. The van der Waals surface area contributed by atoms with Gasteiger partial charge in [0, 0.05) is 5.92 Å². The Hall–Kier alpha value is -1.04. The number of nitrogens with zero attached hydrogens (tertiary/aromatic N) is 2. The fraction of sp³-hybridized carbons (Fsp3) is 0.667. The lowest BCUT2D eigenvalue weighted by Crippen LogP contribution is -2.28. The second-order valence-corrected chi connectivity index (χ2v) is 4.53. The SMILES string of the molecule is O=C(Nc1nncs1)[C@H]1CCC[C@H](F)C1. The second kappa shape index (κ2) is 4.65. The molecule has 1 aliphatic rings. The Morgan fingerprint density at radius 1 is 1.60 bits per heavy atom. The van der Waals surface area contributed by atoms with Crippen LogP contribution >= 0.6 is 11.3 Å². The number of halogens is 1. The first-order valence-corrected chi connectivity index (χ1v) is 5.85. The number of hydrogen-bond donors (Lipinski definition) is 1. The zero-order valence-electron chi connectivity index (χ0n) is 8.15. The highest BCUT2D eigenvalue weighted by Crippen LogP contribution is 2.27. The average molecular weight is 229 g/mol. The van der Waals surface area contributed by atoms with Gasteiger partial charge in [0.1, 0.15) is 11.7 Å². The molecule has 0 saturated heterocycles. The van der Waals surface area contributed by atoms with Crippen LogP contribution in [0.4, 0.5) is 9.52 Å². The molecule has 1 fully saturated rings. The van der Waals surface area contributed by atoms with Gasteiger partial charge in [-0.1, -0.05) is 11.3 Å². The van der Waals surface area contributed by atoms with Crippen molar-refractivity contribution >= 4 is 22.4 Å². The highest BCUT2D eigenvalue weighted by Gasteiger charge is 2.27. The zero-order valence-corrected chi connectivity index (χ0v) is 8.97. The molecule has 0 bridgehead atoms. The van der Waals surface area contributed by atoms with Gasteiger partial charge in [0.25, 0.3) is 0 Å². The van der Waals surface area contributed by atoms with E-state index in [0.29, 0.717) is 18.0 Å². The molecule has 15 heavy (non-hydrogen) atoms. The lowest BCUT2D eigenvalue weighted by molar-refractivity contribution is -0.121. The van der Waals surface area contributed by atoms with E-state index in [1.165, 1.54) is 11.3 Å². The van der Waals surface area contributed by atoms with Gasteiger partial charge in [0.05, 0.1) is 0 Å². The van der Waals surface area contributed by atoms with Crippen molar-refractivity contribution in [3.63, 3.8) is 0 Å². The van der Waals surface area contributed by atoms with E-state index in [0.717, 1.165) is 12.8 Å². The molecular weight excluding hydrogens is 217 g/mol. The Morgan fingerprint density at radius 3 is 3.13 bits per heavy atom. The number of carbonyl (C=O) groups excluding carboxylic acids is 1.